The number of hydrogen-bond acceptors (Lipinski definition) is 3. The topological polar surface area (TPSA) is 29.5 Å². The second kappa shape index (κ2) is 5.11. The van der Waals surface area contributed by atoms with Crippen molar-refractivity contribution in [3.8, 4) is 0 Å². The van der Waals surface area contributed by atoms with Crippen LogP contribution in [0.4, 0.5) is 0 Å². The summed E-state index contributed by atoms with van der Waals surface area (Å²) in [6, 6.07) is 2.29. The summed E-state index contributed by atoms with van der Waals surface area (Å²) in [6.07, 6.45) is 10.6. The van der Waals surface area contributed by atoms with Crippen molar-refractivity contribution in [1.29, 1.82) is 0 Å². The van der Waals surface area contributed by atoms with Gasteiger partial charge in [-0.3, -0.25) is 0 Å². The summed E-state index contributed by atoms with van der Waals surface area (Å²) >= 11 is 1.86. The molecule has 2 fully saturated rings. The Morgan fingerprint density at radius 3 is 2.90 bits per heavy atom. The van der Waals surface area contributed by atoms with Crippen molar-refractivity contribution in [3.63, 3.8) is 0 Å². The Bertz CT molecular complexity index is 466. The zero-order chi connectivity index (χ0) is 13.6. The van der Waals surface area contributed by atoms with Crippen LogP contribution in [-0.4, -0.2) is 17.3 Å². The maximum atomic E-state index is 10.8. The zero-order valence-electron chi connectivity index (χ0n) is 12.1. The molecule has 0 amide bonds. The van der Waals surface area contributed by atoms with Crippen LogP contribution in [0.15, 0.2) is 6.07 Å². The third kappa shape index (κ3) is 2.24. The molecule has 3 heteroatoms. The van der Waals surface area contributed by atoms with E-state index in [2.05, 4.69) is 6.07 Å². The second-order valence-corrected chi connectivity index (χ2v) is 8.06. The summed E-state index contributed by atoms with van der Waals surface area (Å²) in [5, 5.41) is 10.8. The molecule has 2 atom stereocenters. The monoisotopic (exact) mass is 292 g/mol. The first-order chi connectivity index (χ1) is 9.76. The van der Waals surface area contributed by atoms with Gasteiger partial charge in [0.2, 0.25) is 0 Å². The lowest BCUT2D eigenvalue weighted by atomic mass is 9.81. The molecule has 0 bridgehead atoms. The highest BCUT2D eigenvalue weighted by Gasteiger charge is 2.42. The fraction of sp³-hybridized carbons (Fsp3) is 0.765. The van der Waals surface area contributed by atoms with E-state index in [1.165, 1.54) is 60.3 Å². The van der Waals surface area contributed by atoms with Crippen LogP contribution in [0.1, 0.15) is 66.4 Å². The Morgan fingerprint density at radius 2 is 2.10 bits per heavy atom. The highest BCUT2D eigenvalue weighted by Crippen LogP contribution is 2.46. The van der Waals surface area contributed by atoms with Crippen molar-refractivity contribution < 1.29 is 9.84 Å². The Balaban J connectivity index is 1.51. The van der Waals surface area contributed by atoms with Gasteiger partial charge in [0.15, 0.2) is 0 Å². The van der Waals surface area contributed by atoms with Crippen LogP contribution in [-0.2, 0) is 17.6 Å². The largest absolute Gasteiger partial charge is 0.387 e. The fourth-order valence-corrected chi connectivity index (χ4v) is 5.77. The van der Waals surface area contributed by atoms with Crippen molar-refractivity contribution in [2.24, 2.45) is 5.92 Å². The van der Waals surface area contributed by atoms with Crippen molar-refractivity contribution in [2.45, 2.75) is 69.5 Å². The standard InChI is InChI=1S/C17H24O2S/c18-16(15-10-12-4-3-5-14(12)20-15)13-6-9-19-17(11-13)7-1-2-8-17/h10,13,16,18H,1-9,11H2. The van der Waals surface area contributed by atoms with Crippen molar-refractivity contribution in [1.82, 2.24) is 0 Å². The molecular weight excluding hydrogens is 268 g/mol. The van der Waals surface area contributed by atoms with E-state index in [1.54, 1.807) is 0 Å². The predicted molar refractivity (Wildman–Crippen MR) is 81.2 cm³/mol. The summed E-state index contributed by atoms with van der Waals surface area (Å²) in [6.45, 7) is 0.840. The average molecular weight is 292 g/mol. The molecule has 1 saturated carbocycles. The van der Waals surface area contributed by atoms with Gasteiger partial charge in [0, 0.05) is 16.4 Å². The number of thiophene rings is 1. The summed E-state index contributed by atoms with van der Waals surface area (Å²) in [7, 11) is 0. The SMILES string of the molecule is OC(c1cc2c(s1)CCC2)C1CCOC2(CCCC2)C1. The highest BCUT2D eigenvalue weighted by molar-refractivity contribution is 7.12. The molecule has 1 aromatic rings. The van der Waals surface area contributed by atoms with Gasteiger partial charge >= 0.3 is 0 Å². The van der Waals surface area contributed by atoms with Crippen LogP contribution < -0.4 is 0 Å². The Hall–Kier alpha value is -0.380. The van der Waals surface area contributed by atoms with E-state index in [9.17, 15) is 5.11 Å². The molecule has 3 aliphatic rings. The summed E-state index contributed by atoms with van der Waals surface area (Å²) in [5.74, 6) is 0.403. The molecule has 110 valence electrons. The molecule has 1 saturated heterocycles. The van der Waals surface area contributed by atoms with Gasteiger partial charge in [0.1, 0.15) is 0 Å². The lowest BCUT2D eigenvalue weighted by molar-refractivity contribution is -0.113. The van der Waals surface area contributed by atoms with E-state index in [0.29, 0.717) is 5.92 Å². The minimum atomic E-state index is -0.257. The smallest absolute Gasteiger partial charge is 0.0912 e. The van der Waals surface area contributed by atoms with Crippen molar-refractivity contribution in [2.75, 3.05) is 6.61 Å². The van der Waals surface area contributed by atoms with E-state index in [1.807, 2.05) is 11.3 Å². The van der Waals surface area contributed by atoms with Crippen molar-refractivity contribution in [3.05, 3.63) is 21.4 Å². The molecule has 2 heterocycles. The van der Waals surface area contributed by atoms with Gasteiger partial charge in [0.05, 0.1) is 11.7 Å². The first-order valence-corrected chi connectivity index (χ1v) is 9.01. The van der Waals surface area contributed by atoms with Gasteiger partial charge in [-0.1, -0.05) is 12.8 Å². The van der Waals surface area contributed by atoms with E-state index in [4.69, 9.17) is 4.74 Å². The molecule has 2 unspecified atom stereocenters. The Morgan fingerprint density at radius 1 is 1.25 bits per heavy atom. The van der Waals surface area contributed by atoms with E-state index >= 15 is 0 Å². The van der Waals surface area contributed by atoms with Gasteiger partial charge in [-0.25, -0.2) is 0 Å². The van der Waals surface area contributed by atoms with E-state index in [0.717, 1.165) is 19.4 Å². The molecule has 1 N–H and O–H groups in total. The number of fused-ring (bicyclic) bond motifs is 1. The molecule has 0 aromatic carbocycles. The predicted octanol–water partition coefficient (Wildman–Crippen LogP) is 4.01. The fourth-order valence-electron chi connectivity index (χ4n) is 4.43. The van der Waals surface area contributed by atoms with Gasteiger partial charge in [0.25, 0.3) is 0 Å². The molecule has 1 aromatic heterocycles. The number of aliphatic hydroxyl groups excluding tert-OH is 1. The maximum absolute atomic E-state index is 10.8. The Labute approximate surface area is 125 Å². The summed E-state index contributed by atoms with van der Waals surface area (Å²) in [4.78, 5) is 2.75. The Kier molecular flexibility index (Phi) is 3.40. The molecule has 1 spiro atoms. The summed E-state index contributed by atoms with van der Waals surface area (Å²) < 4.78 is 6.10. The average Bonchev–Trinajstić information content (AvgIpc) is 3.13. The van der Waals surface area contributed by atoms with Crippen LogP contribution >= 0.6 is 11.3 Å². The van der Waals surface area contributed by atoms with Gasteiger partial charge in [-0.05, 0) is 62.5 Å². The molecule has 1 aliphatic heterocycles. The minimum absolute atomic E-state index is 0.115. The number of aryl methyl sites for hydroxylation is 2. The number of rotatable bonds is 2. The van der Waals surface area contributed by atoms with Gasteiger partial charge < -0.3 is 9.84 Å². The lowest BCUT2D eigenvalue weighted by Crippen LogP contribution is -2.39. The van der Waals surface area contributed by atoms with Gasteiger partial charge in [-0.15, -0.1) is 11.3 Å². The maximum Gasteiger partial charge on any atom is 0.0912 e. The number of hydrogen-bond donors (Lipinski definition) is 1. The molecule has 2 nitrogen and oxygen atoms in total. The summed E-state index contributed by atoms with van der Waals surface area (Å²) in [5.41, 5.74) is 1.62. The third-order valence-corrected chi connectivity index (χ3v) is 6.86. The zero-order valence-corrected chi connectivity index (χ0v) is 12.9. The molecule has 20 heavy (non-hydrogen) atoms. The third-order valence-electron chi connectivity index (χ3n) is 5.55. The van der Waals surface area contributed by atoms with E-state index < -0.39 is 0 Å². The normalized spacial score (nSPS) is 29.8. The van der Waals surface area contributed by atoms with Crippen LogP contribution in [0.3, 0.4) is 0 Å². The number of ether oxygens (including phenoxy) is 1. The molecule has 0 radical (unpaired) electrons. The highest BCUT2D eigenvalue weighted by atomic mass is 32.1. The molecule has 4 rings (SSSR count). The lowest BCUT2D eigenvalue weighted by Gasteiger charge is -2.39. The van der Waals surface area contributed by atoms with Crippen LogP contribution in [0.2, 0.25) is 0 Å². The quantitative estimate of drug-likeness (QED) is 0.892. The van der Waals surface area contributed by atoms with Crippen LogP contribution in [0.5, 0.6) is 0 Å². The van der Waals surface area contributed by atoms with E-state index in [-0.39, 0.29) is 11.7 Å². The first-order valence-electron chi connectivity index (χ1n) is 8.19. The first kappa shape index (κ1) is 13.3. The molecular formula is C17H24O2S. The molecule has 2 aliphatic carbocycles. The minimum Gasteiger partial charge on any atom is -0.387 e. The second-order valence-electron chi connectivity index (χ2n) is 6.89. The number of aliphatic hydroxyl groups is 1. The van der Waals surface area contributed by atoms with Crippen LogP contribution in [0, 0.1) is 5.92 Å². The van der Waals surface area contributed by atoms with Crippen molar-refractivity contribution >= 4 is 11.3 Å². The van der Waals surface area contributed by atoms with Crippen LogP contribution in [0.25, 0.3) is 0 Å². The van der Waals surface area contributed by atoms with Gasteiger partial charge in [-0.2, -0.15) is 0 Å².